The average Bonchev–Trinajstić information content (AvgIpc) is 2.47. The van der Waals surface area contributed by atoms with Gasteiger partial charge in [-0.05, 0) is 32.9 Å². The molecular weight excluding hydrogens is 272 g/mol. The molecule has 0 radical (unpaired) electrons. The zero-order valence-corrected chi connectivity index (χ0v) is 12.9. The number of anilines is 1. The maximum atomic E-state index is 12.2. The van der Waals surface area contributed by atoms with Crippen molar-refractivity contribution in [3.8, 4) is 5.75 Å². The highest BCUT2D eigenvalue weighted by atomic mass is 16.5. The molecule has 1 unspecified atom stereocenters. The van der Waals surface area contributed by atoms with E-state index in [-0.39, 0.29) is 17.2 Å². The molecular formula is C15H22N2O4. The number of hydrogen-bond acceptors (Lipinski definition) is 5. The van der Waals surface area contributed by atoms with Crippen LogP contribution < -0.4 is 10.5 Å². The number of carbonyl (C=O) groups is 2. The fraction of sp³-hybridized carbons (Fsp3) is 0.467. The highest BCUT2D eigenvalue weighted by Gasteiger charge is 2.22. The first-order chi connectivity index (χ1) is 9.94. The minimum absolute atomic E-state index is 0.141. The number of methoxy groups -OCH3 is 1. The van der Waals surface area contributed by atoms with Crippen molar-refractivity contribution in [3.05, 3.63) is 23.8 Å². The van der Waals surface area contributed by atoms with Crippen molar-refractivity contribution in [1.82, 2.24) is 4.90 Å². The molecule has 1 aromatic rings. The molecule has 0 fully saturated rings. The summed E-state index contributed by atoms with van der Waals surface area (Å²) in [6, 6.07) is 4.61. The Morgan fingerprint density at radius 1 is 1.29 bits per heavy atom. The second-order valence-corrected chi connectivity index (χ2v) is 4.52. The first kappa shape index (κ1) is 16.8. The van der Waals surface area contributed by atoms with Crippen LogP contribution in [0.25, 0.3) is 0 Å². The van der Waals surface area contributed by atoms with E-state index in [0.717, 1.165) is 0 Å². The third-order valence-electron chi connectivity index (χ3n) is 3.14. The predicted molar refractivity (Wildman–Crippen MR) is 80.2 cm³/mol. The number of nitrogen functional groups attached to an aromatic ring is 1. The number of benzene rings is 1. The summed E-state index contributed by atoms with van der Waals surface area (Å²) in [7, 11) is 1.28. The largest absolute Gasteiger partial charge is 0.480 e. The molecule has 0 aliphatic heterocycles. The molecule has 0 saturated carbocycles. The maximum absolute atomic E-state index is 12.2. The van der Waals surface area contributed by atoms with Crippen LogP contribution in [-0.2, 0) is 9.53 Å². The summed E-state index contributed by atoms with van der Waals surface area (Å²) >= 11 is 0. The lowest BCUT2D eigenvalue weighted by atomic mass is 10.2. The summed E-state index contributed by atoms with van der Waals surface area (Å²) in [5.74, 6) is -0.430. The standard InChI is InChI=1S/C15H22N2O4/c1-5-17(6-2)14(18)10(3)21-13-9-11(16)7-8-12(13)15(19)20-4/h7-10H,5-6,16H2,1-4H3. The third-order valence-corrected chi connectivity index (χ3v) is 3.14. The minimum atomic E-state index is -0.713. The van der Waals surface area contributed by atoms with Crippen LogP contribution in [0.2, 0.25) is 0 Å². The van der Waals surface area contributed by atoms with Crippen LogP contribution in [0.4, 0.5) is 5.69 Å². The number of likely N-dealkylation sites (N-methyl/N-ethyl adjacent to an activating group) is 1. The molecule has 1 atom stereocenters. The van der Waals surface area contributed by atoms with Crippen LogP contribution in [0, 0.1) is 0 Å². The monoisotopic (exact) mass is 294 g/mol. The van der Waals surface area contributed by atoms with Crippen LogP contribution in [-0.4, -0.2) is 43.1 Å². The van der Waals surface area contributed by atoms with Gasteiger partial charge in [-0.1, -0.05) is 0 Å². The molecule has 6 heteroatoms. The summed E-state index contributed by atoms with van der Waals surface area (Å²) in [6.07, 6.45) is -0.713. The molecule has 0 aliphatic carbocycles. The molecule has 0 aliphatic rings. The van der Waals surface area contributed by atoms with Gasteiger partial charge in [0.05, 0.1) is 7.11 Å². The Labute approximate surface area is 124 Å². The van der Waals surface area contributed by atoms with Crippen LogP contribution in [0.5, 0.6) is 5.75 Å². The van der Waals surface area contributed by atoms with E-state index in [1.54, 1.807) is 17.9 Å². The fourth-order valence-electron chi connectivity index (χ4n) is 1.95. The minimum Gasteiger partial charge on any atom is -0.480 e. The highest BCUT2D eigenvalue weighted by molar-refractivity contribution is 5.93. The van der Waals surface area contributed by atoms with Gasteiger partial charge in [0.1, 0.15) is 11.3 Å². The molecule has 116 valence electrons. The SMILES string of the molecule is CCN(CC)C(=O)C(C)Oc1cc(N)ccc1C(=O)OC. The maximum Gasteiger partial charge on any atom is 0.341 e. The fourth-order valence-corrected chi connectivity index (χ4v) is 1.95. The van der Waals surface area contributed by atoms with Gasteiger partial charge in [0, 0.05) is 24.8 Å². The van der Waals surface area contributed by atoms with Gasteiger partial charge < -0.3 is 20.1 Å². The van der Waals surface area contributed by atoms with Crippen LogP contribution >= 0.6 is 0 Å². The van der Waals surface area contributed by atoms with E-state index in [2.05, 4.69) is 0 Å². The molecule has 1 rings (SSSR count). The first-order valence-corrected chi connectivity index (χ1v) is 6.87. The molecule has 0 heterocycles. The van der Waals surface area contributed by atoms with E-state index in [1.165, 1.54) is 19.2 Å². The summed E-state index contributed by atoms with van der Waals surface area (Å²) < 4.78 is 10.3. The van der Waals surface area contributed by atoms with E-state index >= 15 is 0 Å². The van der Waals surface area contributed by atoms with Gasteiger partial charge in [0.25, 0.3) is 5.91 Å². The number of amides is 1. The molecule has 2 N–H and O–H groups in total. The lowest BCUT2D eigenvalue weighted by Gasteiger charge is -2.24. The van der Waals surface area contributed by atoms with Crippen molar-refractivity contribution in [1.29, 1.82) is 0 Å². The zero-order valence-electron chi connectivity index (χ0n) is 12.9. The van der Waals surface area contributed by atoms with Gasteiger partial charge in [0.2, 0.25) is 0 Å². The summed E-state index contributed by atoms with van der Waals surface area (Å²) in [6.45, 7) is 6.64. The Morgan fingerprint density at radius 2 is 1.90 bits per heavy atom. The van der Waals surface area contributed by atoms with Crippen molar-refractivity contribution in [2.75, 3.05) is 25.9 Å². The van der Waals surface area contributed by atoms with Gasteiger partial charge in [0.15, 0.2) is 6.10 Å². The van der Waals surface area contributed by atoms with Crippen LogP contribution in [0.3, 0.4) is 0 Å². The van der Waals surface area contributed by atoms with Crippen molar-refractivity contribution >= 4 is 17.6 Å². The average molecular weight is 294 g/mol. The Bertz CT molecular complexity index is 512. The number of nitrogens with two attached hydrogens (primary N) is 1. The van der Waals surface area contributed by atoms with E-state index in [0.29, 0.717) is 18.8 Å². The molecule has 0 bridgehead atoms. The topological polar surface area (TPSA) is 81.9 Å². The van der Waals surface area contributed by atoms with Crippen molar-refractivity contribution < 1.29 is 19.1 Å². The Balaban J connectivity index is 2.98. The molecule has 21 heavy (non-hydrogen) atoms. The lowest BCUT2D eigenvalue weighted by molar-refractivity contribution is -0.137. The number of ether oxygens (including phenoxy) is 2. The van der Waals surface area contributed by atoms with Gasteiger partial charge in [-0.3, -0.25) is 4.79 Å². The third kappa shape index (κ3) is 4.11. The first-order valence-electron chi connectivity index (χ1n) is 6.87. The van der Waals surface area contributed by atoms with Crippen LogP contribution in [0.1, 0.15) is 31.1 Å². The Hall–Kier alpha value is -2.24. The predicted octanol–water partition coefficient (Wildman–Crippen LogP) is 1.69. The van der Waals surface area contributed by atoms with Gasteiger partial charge in [-0.25, -0.2) is 4.79 Å². The Morgan fingerprint density at radius 3 is 2.43 bits per heavy atom. The normalized spacial score (nSPS) is 11.6. The van der Waals surface area contributed by atoms with E-state index in [1.807, 2.05) is 13.8 Å². The summed E-state index contributed by atoms with van der Waals surface area (Å²) in [5.41, 5.74) is 6.39. The molecule has 0 aromatic heterocycles. The number of nitrogens with zero attached hydrogens (tertiary/aromatic N) is 1. The van der Waals surface area contributed by atoms with Crippen molar-refractivity contribution in [3.63, 3.8) is 0 Å². The second-order valence-electron chi connectivity index (χ2n) is 4.52. The van der Waals surface area contributed by atoms with E-state index < -0.39 is 12.1 Å². The van der Waals surface area contributed by atoms with Gasteiger partial charge in [-0.15, -0.1) is 0 Å². The lowest BCUT2D eigenvalue weighted by Crippen LogP contribution is -2.40. The Kier molecular flexibility index (Phi) is 6.02. The quantitative estimate of drug-likeness (QED) is 0.638. The van der Waals surface area contributed by atoms with Crippen molar-refractivity contribution in [2.24, 2.45) is 0 Å². The molecule has 0 saturated heterocycles. The molecule has 6 nitrogen and oxygen atoms in total. The summed E-state index contributed by atoms with van der Waals surface area (Å²) in [5, 5.41) is 0. The smallest absolute Gasteiger partial charge is 0.341 e. The number of carbonyl (C=O) groups excluding carboxylic acids is 2. The molecule has 1 amide bonds. The number of rotatable bonds is 6. The summed E-state index contributed by atoms with van der Waals surface area (Å²) in [4.78, 5) is 25.6. The molecule has 0 spiro atoms. The highest BCUT2D eigenvalue weighted by Crippen LogP contribution is 2.24. The van der Waals surface area contributed by atoms with Gasteiger partial charge in [-0.2, -0.15) is 0 Å². The van der Waals surface area contributed by atoms with E-state index in [9.17, 15) is 9.59 Å². The van der Waals surface area contributed by atoms with Gasteiger partial charge >= 0.3 is 5.97 Å². The van der Waals surface area contributed by atoms with E-state index in [4.69, 9.17) is 15.2 Å². The zero-order chi connectivity index (χ0) is 16.0. The number of hydrogen-bond donors (Lipinski definition) is 1. The van der Waals surface area contributed by atoms with Crippen molar-refractivity contribution in [2.45, 2.75) is 26.9 Å². The van der Waals surface area contributed by atoms with Crippen LogP contribution in [0.15, 0.2) is 18.2 Å². The second kappa shape index (κ2) is 7.52. The molecule has 1 aromatic carbocycles. The number of esters is 1.